The summed E-state index contributed by atoms with van der Waals surface area (Å²) < 4.78 is 54.4. The van der Waals surface area contributed by atoms with Gasteiger partial charge in [0.2, 0.25) is 5.91 Å². The second-order valence-electron chi connectivity index (χ2n) is 5.51. The molecule has 2 aromatic rings. The first kappa shape index (κ1) is 21.1. The normalized spacial score (nSPS) is 11.5. The van der Waals surface area contributed by atoms with Gasteiger partial charge in [0.05, 0.1) is 29.3 Å². The Hall–Kier alpha value is -2.20. The zero-order chi connectivity index (χ0) is 20.0. The molecular weight excluding hydrogens is 385 g/mol. The number of oxazole rings is 1. The molecule has 148 valence electrons. The smallest absolute Gasteiger partial charge is 0.416 e. The number of aromatic nitrogens is 1. The molecule has 0 atom stereocenters. The molecule has 1 aromatic carbocycles. The number of rotatable bonds is 8. The Bertz CT molecular complexity index is 773. The van der Waals surface area contributed by atoms with E-state index in [1.54, 1.807) is 13.8 Å². The number of aryl methyl sites for hydroxylation is 2. The Balaban J connectivity index is 2.09. The quantitative estimate of drug-likeness (QED) is 0.528. The monoisotopic (exact) mass is 404 g/mol. The molecule has 10 heteroatoms. The highest BCUT2D eigenvalue weighted by molar-refractivity contribution is 7.99. The third kappa shape index (κ3) is 6.17. The van der Waals surface area contributed by atoms with Crippen LogP contribution < -0.4 is 10.1 Å². The van der Waals surface area contributed by atoms with Crippen molar-refractivity contribution in [3.63, 3.8) is 0 Å². The number of anilines is 1. The number of nitrogens with zero attached hydrogens (tertiary/aromatic N) is 1. The van der Waals surface area contributed by atoms with E-state index in [0.717, 1.165) is 23.9 Å². The number of alkyl halides is 3. The standard InChI is InChI=1S/C17H19F3N2O4S/c1-10-11(2)26-16(21-10)27-9-15(23)22-13-8-12(17(18,19)20)4-5-14(13)25-7-6-24-3/h4-5,8H,6-7,9H2,1-3H3,(H,22,23). The summed E-state index contributed by atoms with van der Waals surface area (Å²) in [5, 5.41) is 2.77. The van der Waals surface area contributed by atoms with Crippen LogP contribution in [0.3, 0.4) is 0 Å². The number of halogens is 3. The minimum Gasteiger partial charge on any atom is -0.489 e. The van der Waals surface area contributed by atoms with Gasteiger partial charge in [-0.05, 0) is 32.0 Å². The van der Waals surface area contributed by atoms with Crippen LogP contribution >= 0.6 is 11.8 Å². The second-order valence-corrected chi connectivity index (χ2v) is 6.43. The van der Waals surface area contributed by atoms with Crippen LogP contribution in [0.4, 0.5) is 18.9 Å². The molecule has 0 unspecified atom stereocenters. The number of benzene rings is 1. The molecule has 0 aliphatic carbocycles. The molecule has 1 heterocycles. The number of nitrogens with one attached hydrogen (secondary N) is 1. The van der Waals surface area contributed by atoms with Gasteiger partial charge in [-0.2, -0.15) is 13.2 Å². The molecule has 0 aliphatic rings. The fraction of sp³-hybridized carbons (Fsp3) is 0.412. The van der Waals surface area contributed by atoms with Crippen molar-refractivity contribution < 1.29 is 31.9 Å². The maximum Gasteiger partial charge on any atom is 0.416 e. The van der Waals surface area contributed by atoms with Gasteiger partial charge in [-0.25, -0.2) is 4.98 Å². The molecule has 0 aliphatic heterocycles. The summed E-state index contributed by atoms with van der Waals surface area (Å²) in [7, 11) is 1.47. The van der Waals surface area contributed by atoms with Gasteiger partial charge >= 0.3 is 6.18 Å². The van der Waals surface area contributed by atoms with E-state index in [4.69, 9.17) is 13.9 Å². The lowest BCUT2D eigenvalue weighted by molar-refractivity contribution is -0.137. The summed E-state index contributed by atoms with van der Waals surface area (Å²) >= 11 is 1.05. The van der Waals surface area contributed by atoms with Gasteiger partial charge < -0.3 is 19.2 Å². The Morgan fingerprint density at radius 1 is 1.30 bits per heavy atom. The lowest BCUT2D eigenvalue weighted by atomic mass is 10.1. The van der Waals surface area contributed by atoms with E-state index in [0.29, 0.717) is 16.7 Å². The van der Waals surface area contributed by atoms with Crippen LogP contribution in [0.15, 0.2) is 27.8 Å². The van der Waals surface area contributed by atoms with Gasteiger partial charge in [0.25, 0.3) is 5.22 Å². The number of hydrogen-bond donors (Lipinski definition) is 1. The number of methoxy groups -OCH3 is 1. The summed E-state index contributed by atoms with van der Waals surface area (Å²) in [6, 6.07) is 2.90. The van der Waals surface area contributed by atoms with Crippen molar-refractivity contribution in [1.29, 1.82) is 0 Å². The van der Waals surface area contributed by atoms with Crippen LogP contribution in [0.25, 0.3) is 0 Å². The predicted molar refractivity (Wildman–Crippen MR) is 94.1 cm³/mol. The van der Waals surface area contributed by atoms with Crippen LogP contribution in [0.2, 0.25) is 0 Å². The molecule has 0 radical (unpaired) electrons. The van der Waals surface area contributed by atoms with Crippen LogP contribution in [0.1, 0.15) is 17.0 Å². The Morgan fingerprint density at radius 3 is 2.63 bits per heavy atom. The number of hydrogen-bond acceptors (Lipinski definition) is 6. The molecule has 0 spiro atoms. The highest BCUT2D eigenvalue weighted by Gasteiger charge is 2.31. The highest BCUT2D eigenvalue weighted by Crippen LogP contribution is 2.35. The largest absolute Gasteiger partial charge is 0.489 e. The summed E-state index contributed by atoms with van der Waals surface area (Å²) in [5.74, 6) is 0.183. The lowest BCUT2D eigenvalue weighted by Gasteiger charge is -2.15. The average molecular weight is 404 g/mol. The van der Waals surface area contributed by atoms with Gasteiger partial charge in [-0.1, -0.05) is 11.8 Å². The molecule has 0 fully saturated rings. The van der Waals surface area contributed by atoms with Crippen LogP contribution in [0.5, 0.6) is 5.75 Å². The maximum absolute atomic E-state index is 13.0. The van der Waals surface area contributed by atoms with E-state index in [1.165, 1.54) is 13.2 Å². The first-order chi connectivity index (χ1) is 12.7. The van der Waals surface area contributed by atoms with Crippen molar-refractivity contribution in [2.45, 2.75) is 25.2 Å². The summed E-state index contributed by atoms with van der Waals surface area (Å²) in [6.07, 6.45) is -4.54. The Labute approximate surface area is 158 Å². The third-order valence-corrected chi connectivity index (χ3v) is 4.29. The van der Waals surface area contributed by atoms with Crippen LogP contribution in [-0.2, 0) is 15.7 Å². The topological polar surface area (TPSA) is 73.6 Å². The van der Waals surface area contributed by atoms with E-state index in [9.17, 15) is 18.0 Å². The second kappa shape index (κ2) is 9.14. The molecule has 2 rings (SSSR count). The fourth-order valence-corrected chi connectivity index (χ4v) is 2.70. The minimum atomic E-state index is -4.54. The van der Waals surface area contributed by atoms with Gasteiger partial charge in [0, 0.05) is 7.11 Å². The number of ether oxygens (including phenoxy) is 2. The van der Waals surface area contributed by atoms with Crippen molar-refractivity contribution >= 4 is 23.4 Å². The number of carbonyl (C=O) groups is 1. The Morgan fingerprint density at radius 2 is 2.04 bits per heavy atom. The van der Waals surface area contributed by atoms with Gasteiger partial charge in [0.1, 0.15) is 18.1 Å². The van der Waals surface area contributed by atoms with Crippen molar-refractivity contribution in [2.75, 3.05) is 31.4 Å². The van der Waals surface area contributed by atoms with Gasteiger partial charge in [0.15, 0.2) is 0 Å². The number of carbonyl (C=O) groups excluding carboxylic acids is 1. The van der Waals surface area contributed by atoms with Crippen molar-refractivity contribution in [3.05, 3.63) is 35.2 Å². The molecular formula is C17H19F3N2O4S. The van der Waals surface area contributed by atoms with Crippen LogP contribution in [0, 0.1) is 13.8 Å². The van der Waals surface area contributed by atoms with Crippen molar-refractivity contribution in [1.82, 2.24) is 4.98 Å². The lowest BCUT2D eigenvalue weighted by Crippen LogP contribution is -2.17. The fourth-order valence-electron chi connectivity index (χ4n) is 1.98. The predicted octanol–water partition coefficient (Wildman–Crippen LogP) is 4.07. The van der Waals surface area contributed by atoms with Crippen LogP contribution in [-0.4, -0.2) is 37.0 Å². The molecule has 1 aromatic heterocycles. The highest BCUT2D eigenvalue weighted by atomic mass is 32.2. The molecule has 0 saturated heterocycles. The van der Waals surface area contributed by atoms with Crippen molar-refractivity contribution in [3.8, 4) is 5.75 Å². The zero-order valence-corrected chi connectivity index (χ0v) is 15.8. The molecule has 0 bridgehead atoms. The first-order valence-electron chi connectivity index (χ1n) is 7.90. The SMILES string of the molecule is COCCOc1ccc(C(F)(F)F)cc1NC(=O)CSc1nc(C)c(C)o1. The molecule has 1 N–H and O–H groups in total. The Kier molecular flexibility index (Phi) is 7.14. The summed E-state index contributed by atoms with van der Waals surface area (Å²) in [4.78, 5) is 16.3. The van der Waals surface area contributed by atoms with E-state index < -0.39 is 17.6 Å². The zero-order valence-electron chi connectivity index (χ0n) is 15.0. The van der Waals surface area contributed by atoms with Gasteiger partial charge in [-0.3, -0.25) is 4.79 Å². The van der Waals surface area contributed by atoms with E-state index in [2.05, 4.69) is 10.3 Å². The molecule has 1 amide bonds. The van der Waals surface area contributed by atoms with E-state index >= 15 is 0 Å². The summed E-state index contributed by atoms with van der Waals surface area (Å²) in [5.41, 5.74) is -0.237. The minimum absolute atomic E-state index is 0.0636. The summed E-state index contributed by atoms with van der Waals surface area (Å²) in [6.45, 7) is 3.91. The van der Waals surface area contributed by atoms with Gasteiger partial charge in [-0.15, -0.1) is 0 Å². The molecule has 6 nitrogen and oxygen atoms in total. The van der Waals surface area contributed by atoms with E-state index in [-0.39, 0.29) is 30.4 Å². The number of amides is 1. The third-order valence-electron chi connectivity index (χ3n) is 3.46. The average Bonchev–Trinajstić information content (AvgIpc) is 2.91. The maximum atomic E-state index is 13.0. The molecule has 0 saturated carbocycles. The first-order valence-corrected chi connectivity index (χ1v) is 8.89. The molecule has 27 heavy (non-hydrogen) atoms. The van der Waals surface area contributed by atoms with E-state index in [1.807, 2.05) is 0 Å². The number of thioether (sulfide) groups is 1. The van der Waals surface area contributed by atoms with Crippen molar-refractivity contribution in [2.24, 2.45) is 0 Å².